The normalized spacial score (nSPS) is 11.8. The van der Waals surface area contributed by atoms with Gasteiger partial charge in [-0.15, -0.1) is 0 Å². The second-order valence-corrected chi connectivity index (χ2v) is 5.04. The molecule has 0 saturated heterocycles. The Balaban J connectivity index is 1.93. The van der Waals surface area contributed by atoms with Crippen LogP contribution in [-0.2, 0) is 6.42 Å². The van der Waals surface area contributed by atoms with Gasteiger partial charge in [-0.05, 0) is 36.2 Å². The van der Waals surface area contributed by atoms with Gasteiger partial charge in [-0.1, -0.05) is 25.1 Å². The average molecular weight is 320 g/mol. The number of hydrogen-bond donors (Lipinski definition) is 3. The summed E-state index contributed by atoms with van der Waals surface area (Å²) in [5.41, 5.74) is 1.21. The second kappa shape index (κ2) is 7.69. The van der Waals surface area contributed by atoms with Crippen LogP contribution in [0.4, 0.5) is 19.3 Å². The van der Waals surface area contributed by atoms with Gasteiger partial charge in [-0.3, -0.25) is 0 Å². The molecule has 0 aliphatic carbocycles. The van der Waals surface area contributed by atoms with E-state index < -0.39 is 29.3 Å². The largest absolute Gasteiger partial charge is 0.386 e. The Morgan fingerprint density at radius 2 is 1.83 bits per heavy atom. The molecule has 0 fully saturated rings. The predicted octanol–water partition coefficient (Wildman–Crippen LogP) is 3.38. The van der Waals surface area contributed by atoms with Crippen molar-refractivity contribution in [3.05, 3.63) is 65.2 Å². The molecule has 0 bridgehead atoms. The highest BCUT2D eigenvalue weighted by Crippen LogP contribution is 2.20. The van der Waals surface area contributed by atoms with Crippen LogP contribution in [0.5, 0.6) is 0 Å². The summed E-state index contributed by atoms with van der Waals surface area (Å²) in [6.45, 7) is 1.69. The zero-order valence-electron chi connectivity index (χ0n) is 12.6. The van der Waals surface area contributed by atoms with Crippen LogP contribution in [0.25, 0.3) is 0 Å². The van der Waals surface area contributed by atoms with Crippen molar-refractivity contribution in [1.29, 1.82) is 0 Å². The van der Waals surface area contributed by atoms with Crippen molar-refractivity contribution in [3.63, 3.8) is 0 Å². The SMILES string of the molecule is CCc1cccc(NC(=O)NCC(O)c2c(F)cccc2F)c1. The Bertz CT molecular complexity index is 672. The monoisotopic (exact) mass is 320 g/mol. The van der Waals surface area contributed by atoms with Gasteiger partial charge in [0.15, 0.2) is 0 Å². The summed E-state index contributed by atoms with van der Waals surface area (Å²) >= 11 is 0. The van der Waals surface area contributed by atoms with Gasteiger partial charge >= 0.3 is 6.03 Å². The number of amides is 2. The molecule has 0 saturated carbocycles. The van der Waals surface area contributed by atoms with E-state index in [0.29, 0.717) is 5.69 Å². The summed E-state index contributed by atoms with van der Waals surface area (Å²) in [7, 11) is 0. The molecule has 2 amide bonds. The number of nitrogens with one attached hydrogen (secondary N) is 2. The first-order valence-corrected chi connectivity index (χ1v) is 7.27. The van der Waals surface area contributed by atoms with Gasteiger partial charge < -0.3 is 15.7 Å². The van der Waals surface area contributed by atoms with Crippen molar-refractivity contribution in [3.8, 4) is 0 Å². The first kappa shape index (κ1) is 16.9. The lowest BCUT2D eigenvalue weighted by Crippen LogP contribution is -2.32. The molecule has 0 aliphatic heterocycles. The van der Waals surface area contributed by atoms with Gasteiger partial charge in [0.25, 0.3) is 0 Å². The number of hydrogen-bond acceptors (Lipinski definition) is 2. The maximum Gasteiger partial charge on any atom is 0.319 e. The number of anilines is 1. The summed E-state index contributed by atoms with van der Waals surface area (Å²) in [4.78, 5) is 11.8. The van der Waals surface area contributed by atoms with Gasteiger partial charge in [-0.2, -0.15) is 0 Å². The van der Waals surface area contributed by atoms with Crippen molar-refractivity contribution in [2.24, 2.45) is 0 Å². The number of benzene rings is 2. The highest BCUT2D eigenvalue weighted by molar-refractivity contribution is 5.89. The topological polar surface area (TPSA) is 61.4 Å². The minimum atomic E-state index is -1.47. The fourth-order valence-corrected chi connectivity index (χ4v) is 2.16. The number of aliphatic hydroxyl groups excluding tert-OH is 1. The summed E-state index contributed by atoms with van der Waals surface area (Å²) < 4.78 is 27.1. The van der Waals surface area contributed by atoms with Crippen molar-refractivity contribution < 1.29 is 18.7 Å². The molecule has 0 aromatic heterocycles. The maximum atomic E-state index is 13.5. The number of urea groups is 1. The maximum absolute atomic E-state index is 13.5. The third-order valence-corrected chi connectivity index (χ3v) is 3.38. The minimum absolute atomic E-state index is 0.308. The Kier molecular flexibility index (Phi) is 5.65. The predicted molar refractivity (Wildman–Crippen MR) is 84.2 cm³/mol. The van der Waals surface area contributed by atoms with E-state index in [1.807, 2.05) is 25.1 Å². The van der Waals surface area contributed by atoms with E-state index in [9.17, 15) is 18.7 Å². The molecule has 1 atom stereocenters. The van der Waals surface area contributed by atoms with Crippen molar-refractivity contribution in [1.82, 2.24) is 5.32 Å². The lowest BCUT2D eigenvalue weighted by Gasteiger charge is -2.14. The van der Waals surface area contributed by atoms with Crippen molar-refractivity contribution in [2.75, 3.05) is 11.9 Å². The number of aryl methyl sites for hydroxylation is 1. The minimum Gasteiger partial charge on any atom is -0.386 e. The first-order chi connectivity index (χ1) is 11.0. The summed E-state index contributed by atoms with van der Waals surface area (Å²) in [6, 6.07) is 10.1. The lowest BCUT2D eigenvalue weighted by molar-refractivity contribution is 0.166. The van der Waals surface area contributed by atoms with Crippen molar-refractivity contribution >= 4 is 11.7 Å². The molecule has 6 heteroatoms. The molecule has 0 aliphatic rings. The van der Waals surface area contributed by atoms with E-state index in [-0.39, 0.29) is 6.54 Å². The zero-order chi connectivity index (χ0) is 16.8. The standard InChI is InChI=1S/C17H18F2N2O2/c1-2-11-5-3-6-12(9-11)21-17(23)20-10-15(22)16-13(18)7-4-8-14(16)19/h3-9,15,22H,2,10H2,1H3,(H2,20,21,23). The number of carbonyl (C=O) groups excluding carboxylic acids is 1. The van der Waals surface area contributed by atoms with E-state index in [4.69, 9.17) is 0 Å². The van der Waals surface area contributed by atoms with E-state index in [2.05, 4.69) is 10.6 Å². The fourth-order valence-electron chi connectivity index (χ4n) is 2.16. The molecular weight excluding hydrogens is 302 g/mol. The molecule has 2 aromatic rings. The van der Waals surface area contributed by atoms with E-state index in [1.165, 1.54) is 6.07 Å². The molecular formula is C17H18F2N2O2. The second-order valence-electron chi connectivity index (χ2n) is 5.04. The number of aliphatic hydroxyl groups is 1. The van der Waals surface area contributed by atoms with Crippen LogP contribution in [0.2, 0.25) is 0 Å². The van der Waals surface area contributed by atoms with Crippen LogP contribution < -0.4 is 10.6 Å². The highest BCUT2D eigenvalue weighted by Gasteiger charge is 2.18. The number of carbonyl (C=O) groups is 1. The molecule has 1 unspecified atom stereocenters. The Morgan fingerprint density at radius 3 is 2.48 bits per heavy atom. The molecule has 2 aromatic carbocycles. The zero-order valence-corrected chi connectivity index (χ0v) is 12.6. The molecule has 3 N–H and O–H groups in total. The summed E-state index contributed by atoms with van der Waals surface area (Å²) in [5, 5.41) is 14.8. The summed E-state index contributed by atoms with van der Waals surface area (Å²) in [5.74, 6) is -1.70. The molecule has 4 nitrogen and oxygen atoms in total. The van der Waals surface area contributed by atoms with Gasteiger partial charge in [0.05, 0.1) is 5.56 Å². The Labute approximate surface area is 133 Å². The van der Waals surface area contributed by atoms with E-state index in [1.54, 1.807) is 6.07 Å². The van der Waals surface area contributed by atoms with Crippen LogP contribution in [0.3, 0.4) is 0 Å². The van der Waals surface area contributed by atoms with Crippen LogP contribution in [-0.4, -0.2) is 17.7 Å². The average Bonchev–Trinajstić information content (AvgIpc) is 2.53. The summed E-state index contributed by atoms with van der Waals surface area (Å²) in [6.07, 6.45) is -0.633. The molecule has 0 heterocycles. The molecule has 2 rings (SSSR count). The Morgan fingerprint density at radius 1 is 1.17 bits per heavy atom. The van der Waals surface area contributed by atoms with Gasteiger partial charge in [0.2, 0.25) is 0 Å². The fraction of sp³-hybridized carbons (Fsp3) is 0.235. The molecule has 0 spiro atoms. The third-order valence-electron chi connectivity index (χ3n) is 3.38. The Hall–Kier alpha value is -2.47. The van der Waals surface area contributed by atoms with Crippen LogP contribution in [0, 0.1) is 11.6 Å². The third kappa shape index (κ3) is 4.50. The van der Waals surface area contributed by atoms with Gasteiger partial charge in [0, 0.05) is 12.2 Å². The van der Waals surface area contributed by atoms with E-state index >= 15 is 0 Å². The molecule has 0 radical (unpaired) electrons. The number of halogens is 2. The highest BCUT2D eigenvalue weighted by atomic mass is 19.1. The molecule has 23 heavy (non-hydrogen) atoms. The van der Waals surface area contributed by atoms with Crippen molar-refractivity contribution in [2.45, 2.75) is 19.4 Å². The first-order valence-electron chi connectivity index (χ1n) is 7.27. The van der Waals surface area contributed by atoms with Crippen LogP contribution >= 0.6 is 0 Å². The molecule has 122 valence electrons. The number of rotatable bonds is 5. The smallest absolute Gasteiger partial charge is 0.319 e. The lowest BCUT2D eigenvalue weighted by atomic mass is 10.1. The van der Waals surface area contributed by atoms with E-state index in [0.717, 1.165) is 24.1 Å². The van der Waals surface area contributed by atoms with Gasteiger partial charge in [-0.25, -0.2) is 13.6 Å². The van der Waals surface area contributed by atoms with Crippen LogP contribution in [0.15, 0.2) is 42.5 Å². The quantitative estimate of drug-likeness (QED) is 0.791. The van der Waals surface area contributed by atoms with Gasteiger partial charge in [0.1, 0.15) is 17.7 Å². The van der Waals surface area contributed by atoms with Crippen LogP contribution in [0.1, 0.15) is 24.2 Å².